The maximum absolute atomic E-state index is 12.0. The van der Waals surface area contributed by atoms with Crippen molar-refractivity contribution in [2.24, 2.45) is 0 Å². The van der Waals surface area contributed by atoms with E-state index < -0.39 is 9.84 Å². The molecule has 0 saturated carbocycles. The van der Waals surface area contributed by atoms with Crippen LogP contribution in [0.4, 0.5) is 5.69 Å². The summed E-state index contributed by atoms with van der Waals surface area (Å²) in [5.74, 6) is 0.561. The Hall–Kier alpha value is -1.79. The van der Waals surface area contributed by atoms with Gasteiger partial charge in [0.2, 0.25) is 0 Å². The van der Waals surface area contributed by atoms with Crippen LogP contribution in [0.5, 0.6) is 0 Å². The van der Waals surface area contributed by atoms with Gasteiger partial charge in [-0.15, -0.1) is 0 Å². The first-order valence-electron chi connectivity index (χ1n) is 6.76. The van der Waals surface area contributed by atoms with E-state index in [2.05, 4.69) is 4.90 Å². The lowest BCUT2D eigenvalue weighted by molar-refractivity contribution is 0.122. The number of morpholine rings is 1. The molecule has 0 aliphatic carbocycles. The number of hydrogen-bond donors (Lipinski definition) is 0. The lowest BCUT2D eigenvalue weighted by atomic mass is 10.1. The highest BCUT2D eigenvalue weighted by Crippen LogP contribution is 2.32. The minimum absolute atomic E-state index is 0.287. The average molecular weight is 307 g/mol. The van der Waals surface area contributed by atoms with Gasteiger partial charge in [-0.25, -0.2) is 8.42 Å². The summed E-state index contributed by atoms with van der Waals surface area (Å²) in [4.78, 5) is 2.47. The minimum Gasteiger partial charge on any atom is -0.464 e. The predicted octanol–water partition coefficient (Wildman–Crippen LogP) is 2.19. The molecule has 1 aliphatic heterocycles. The van der Waals surface area contributed by atoms with Crippen LogP contribution in [0.15, 0.2) is 45.9 Å². The van der Waals surface area contributed by atoms with Crippen LogP contribution in [0, 0.1) is 0 Å². The molecule has 0 unspecified atom stereocenters. The van der Waals surface area contributed by atoms with Crippen molar-refractivity contribution >= 4 is 15.5 Å². The highest BCUT2D eigenvalue weighted by atomic mass is 32.2. The van der Waals surface area contributed by atoms with Gasteiger partial charge in [0.05, 0.1) is 24.4 Å². The van der Waals surface area contributed by atoms with E-state index in [4.69, 9.17) is 9.15 Å². The van der Waals surface area contributed by atoms with Gasteiger partial charge < -0.3 is 14.1 Å². The largest absolute Gasteiger partial charge is 0.464 e. The number of anilines is 1. The SMILES string of the molecule is CS(=O)(=O)c1ccc(N2CCOCC2)cc1-c1ccco1. The van der Waals surface area contributed by atoms with Crippen LogP contribution in [0.25, 0.3) is 11.3 Å². The van der Waals surface area contributed by atoms with Crippen molar-refractivity contribution in [3.63, 3.8) is 0 Å². The molecule has 0 radical (unpaired) electrons. The Bertz CT molecular complexity index is 716. The van der Waals surface area contributed by atoms with Gasteiger partial charge in [-0.2, -0.15) is 0 Å². The molecular weight excluding hydrogens is 290 g/mol. The predicted molar refractivity (Wildman–Crippen MR) is 80.3 cm³/mol. The van der Waals surface area contributed by atoms with Crippen LogP contribution in [0.1, 0.15) is 0 Å². The number of hydrogen-bond acceptors (Lipinski definition) is 5. The van der Waals surface area contributed by atoms with Gasteiger partial charge in [0.15, 0.2) is 9.84 Å². The van der Waals surface area contributed by atoms with Crippen LogP contribution < -0.4 is 4.90 Å². The molecule has 2 heterocycles. The molecule has 6 heteroatoms. The molecule has 1 aromatic carbocycles. The van der Waals surface area contributed by atoms with E-state index >= 15 is 0 Å². The number of nitrogens with zero attached hydrogens (tertiary/aromatic N) is 1. The standard InChI is InChI=1S/C15H17NO4S/c1-21(17,18)15-5-4-12(16-6-9-19-10-7-16)11-13(15)14-3-2-8-20-14/h2-5,8,11H,6-7,9-10H2,1H3. The first-order valence-corrected chi connectivity index (χ1v) is 8.65. The van der Waals surface area contributed by atoms with Gasteiger partial charge in [-0.1, -0.05) is 0 Å². The Labute approximate surface area is 124 Å². The number of furan rings is 1. The summed E-state index contributed by atoms with van der Waals surface area (Å²) in [5.41, 5.74) is 1.59. The maximum Gasteiger partial charge on any atom is 0.176 e. The Morgan fingerprint density at radius 2 is 1.90 bits per heavy atom. The van der Waals surface area contributed by atoms with E-state index in [-0.39, 0.29) is 4.90 Å². The van der Waals surface area contributed by atoms with E-state index in [1.165, 1.54) is 6.26 Å². The fourth-order valence-corrected chi connectivity index (χ4v) is 3.36. The Morgan fingerprint density at radius 1 is 1.14 bits per heavy atom. The first-order chi connectivity index (χ1) is 10.1. The summed E-state index contributed by atoms with van der Waals surface area (Å²) in [7, 11) is -3.31. The maximum atomic E-state index is 12.0. The zero-order valence-corrected chi connectivity index (χ0v) is 12.6. The van der Waals surface area contributed by atoms with Gasteiger partial charge in [-0.3, -0.25) is 0 Å². The summed E-state index contributed by atoms with van der Waals surface area (Å²) < 4.78 is 34.7. The zero-order valence-electron chi connectivity index (χ0n) is 11.8. The smallest absolute Gasteiger partial charge is 0.176 e. The summed E-state index contributed by atoms with van der Waals surface area (Å²) in [6.45, 7) is 2.97. The summed E-state index contributed by atoms with van der Waals surface area (Å²) >= 11 is 0. The quantitative estimate of drug-likeness (QED) is 0.870. The van der Waals surface area contributed by atoms with Crippen molar-refractivity contribution in [2.75, 3.05) is 37.5 Å². The third kappa shape index (κ3) is 2.96. The van der Waals surface area contributed by atoms with Gasteiger partial charge in [0.1, 0.15) is 5.76 Å². The lowest BCUT2D eigenvalue weighted by Gasteiger charge is -2.29. The van der Waals surface area contributed by atoms with Crippen LogP contribution in [-0.2, 0) is 14.6 Å². The molecule has 21 heavy (non-hydrogen) atoms. The molecule has 0 amide bonds. The Morgan fingerprint density at radius 3 is 2.52 bits per heavy atom. The summed E-state index contributed by atoms with van der Waals surface area (Å²) in [5, 5.41) is 0. The monoisotopic (exact) mass is 307 g/mol. The van der Waals surface area contributed by atoms with Crippen molar-refractivity contribution in [1.29, 1.82) is 0 Å². The van der Waals surface area contributed by atoms with Gasteiger partial charge in [-0.05, 0) is 30.3 Å². The molecule has 0 atom stereocenters. The summed E-state index contributed by atoms with van der Waals surface area (Å²) in [6, 6.07) is 8.89. The second-order valence-electron chi connectivity index (χ2n) is 5.03. The highest BCUT2D eigenvalue weighted by molar-refractivity contribution is 7.90. The molecule has 0 N–H and O–H groups in total. The van der Waals surface area contributed by atoms with Crippen molar-refractivity contribution in [3.8, 4) is 11.3 Å². The minimum atomic E-state index is -3.31. The molecule has 1 aromatic heterocycles. The van der Waals surface area contributed by atoms with E-state index in [9.17, 15) is 8.42 Å². The van der Waals surface area contributed by atoms with Crippen LogP contribution in [0.3, 0.4) is 0 Å². The van der Waals surface area contributed by atoms with Crippen molar-refractivity contribution in [1.82, 2.24) is 0 Å². The second-order valence-corrected chi connectivity index (χ2v) is 7.01. The molecular formula is C15H17NO4S. The number of sulfone groups is 1. The van der Waals surface area contributed by atoms with E-state index in [1.807, 2.05) is 12.1 Å². The molecule has 3 rings (SSSR count). The van der Waals surface area contributed by atoms with Crippen molar-refractivity contribution in [2.45, 2.75) is 4.90 Å². The third-order valence-corrected chi connectivity index (χ3v) is 4.68. The average Bonchev–Trinajstić information content (AvgIpc) is 3.01. The Balaban J connectivity index is 2.08. The number of rotatable bonds is 3. The molecule has 5 nitrogen and oxygen atoms in total. The van der Waals surface area contributed by atoms with Gasteiger partial charge >= 0.3 is 0 Å². The molecule has 2 aromatic rings. The highest BCUT2D eigenvalue weighted by Gasteiger charge is 2.19. The lowest BCUT2D eigenvalue weighted by Crippen LogP contribution is -2.36. The molecule has 112 valence electrons. The fraction of sp³-hybridized carbons (Fsp3) is 0.333. The van der Waals surface area contributed by atoms with E-state index in [0.717, 1.165) is 18.8 Å². The molecule has 1 saturated heterocycles. The summed E-state index contributed by atoms with van der Waals surface area (Å²) in [6.07, 6.45) is 2.76. The van der Waals surface area contributed by atoms with E-state index in [1.54, 1.807) is 24.5 Å². The van der Waals surface area contributed by atoms with Gasteiger partial charge in [0.25, 0.3) is 0 Å². The number of benzene rings is 1. The first kappa shape index (κ1) is 14.2. The third-order valence-electron chi connectivity index (χ3n) is 3.53. The van der Waals surface area contributed by atoms with Crippen molar-refractivity contribution < 1.29 is 17.6 Å². The Kier molecular flexibility index (Phi) is 3.73. The number of ether oxygens (including phenoxy) is 1. The molecule has 0 bridgehead atoms. The topological polar surface area (TPSA) is 59.8 Å². The van der Waals surface area contributed by atoms with Crippen LogP contribution >= 0.6 is 0 Å². The zero-order chi connectivity index (χ0) is 14.9. The van der Waals surface area contributed by atoms with E-state index in [0.29, 0.717) is 24.5 Å². The molecule has 0 spiro atoms. The molecule has 1 aliphatic rings. The van der Waals surface area contributed by atoms with Gasteiger partial charge in [0, 0.05) is 30.6 Å². The van der Waals surface area contributed by atoms with Crippen LogP contribution in [-0.4, -0.2) is 41.0 Å². The van der Waals surface area contributed by atoms with Crippen molar-refractivity contribution in [3.05, 3.63) is 36.6 Å². The fourth-order valence-electron chi connectivity index (χ4n) is 2.48. The normalized spacial score (nSPS) is 16.1. The molecule has 1 fully saturated rings. The second kappa shape index (κ2) is 5.54. The van der Waals surface area contributed by atoms with Crippen LogP contribution in [0.2, 0.25) is 0 Å².